The summed E-state index contributed by atoms with van der Waals surface area (Å²) < 4.78 is 72.0. The van der Waals surface area contributed by atoms with E-state index in [4.69, 9.17) is 19.4 Å². The number of β-amino-alcohol motifs (C(OH)–C–C–N with tert-alkyl or cyclic N) is 1. The Kier molecular flexibility index (Phi) is 7.37. The number of hydrogen-bond acceptors (Lipinski definition) is 9. The Balaban J connectivity index is 1.46. The number of ether oxygens (including phenoxy) is 2. The highest BCUT2D eigenvalue weighted by Gasteiger charge is 2.71. The van der Waals surface area contributed by atoms with Crippen LogP contribution in [0.4, 0.5) is 23.4 Å². The summed E-state index contributed by atoms with van der Waals surface area (Å²) in [6.07, 6.45) is -0.0433. The van der Waals surface area contributed by atoms with Crippen molar-refractivity contribution in [1.82, 2.24) is 34.6 Å². The van der Waals surface area contributed by atoms with Crippen LogP contribution in [0.1, 0.15) is 30.9 Å². The Labute approximate surface area is 267 Å². The number of aliphatic hydroxyl groups is 1. The fourth-order valence-corrected chi connectivity index (χ4v) is 7.00. The zero-order chi connectivity index (χ0) is 33.5. The number of alkyl halides is 4. The van der Waals surface area contributed by atoms with Crippen LogP contribution >= 0.6 is 0 Å². The topological polar surface area (TPSA) is 117 Å². The first-order valence-electron chi connectivity index (χ1n) is 15.3. The molecule has 2 atom stereocenters. The monoisotopic (exact) mass is 656 g/mol. The number of anilines is 1. The van der Waals surface area contributed by atoms with Crippen LogP contribution in [-0.2, 0) is 11.8 Å². The van der Waals surface area contributed by atoms with Crippen molar-refractivity contribution in [2.24, 2.45) is 12.5 Å². The molecule has 47 heavy (non-hydrogen) atoms. The number of fused-ring (bicyclic) bond motifs is 4. The first-order valence-corrected chi connectivity index (χ1v) is 15.3. The van der Waals surface area contributed by atoms with Crippen molar-refractivity contribution >= 4 is 38.7 Å². The standard InChI is InChI=1S/C32H36F4N8O3/c1-17-10-20-19(11-38-41-20)22(21(17)26(33)34)24-25-18(6-7-37-24)23-27(43(25)5)39-29(47-16-31(14-42(3)4)12-32(31,35)36)40-28(23)44-8-9-46-15-30(2,45)13-44/h6-7,10-11,26,45H,8-9,12-16H2,1-5H3,(H,38,41)/t30-,31+/m0/s1. The third-order valence-corrected chi connectivity index (χ3v) is 9.20. The van der Waals surface area contributed by atoms with Crippen molar-refractivity contribution in [2.75, 3.05) is 58.5 Å². The average molecular weight is 657 g/mol. The highest BCUT2D eigenvalue weighted by atomic mass is 19.3. The number of rotatable bonds is 8. The summed E-state index contributed by atoms with van der Waals surface area (Å²) in [4.78, 5) is 17.7. The highest BCUT2D eigenvalue weighted by Crippen LogP contribution is 2.60. The molecular formula is C32H36F4N8O3. The van der Waals surface area contributed by atoms with E-state index >= 15 is 0 Å². The summed E-state index contributed by atoms with van der Waals surface area (Å²) in [5, 5.41) is 19.8. The maximum absolute atomic E-state index is 14.7. The van der Waals surface area contributed by atoms with Gasteiger partial charge >= 0.3 is 6.01 Å². The van der Waals surface area contributed by atoms with E-state index < -0.39 is 23.4 Å². The van der Waals surface area contributed by atoms with Gasteiger partial charge in [-0.15, -0.1) is 0 Å². The number of aromatic amines is 1. The number of H-pyrrole nitrogens is 1. The van der Waals surface area contributed by atoms with Crippen LogP contribution < -0.4 is 9.64 Å². The lowest BCUT2D eigenvalue weighted by atomic mass is 9.94. The van der Waals surface area contributed by atoms with E-state index in [0.717, 1.165) is 0 Å². The minimum Gasteiger partial charge on any atom is -0.462 e. The first-order chi connectivity index (χ1) is 22.2. The van der Waals surface area contributed by atoms with Crippen molar-refractivity contribution in [3.63, 3.8) is 0 Å². The van der Waals surface area contributed by atoms with E-state index in [2.05, 4.69) is 15.2 Å². The first kappa shape index (κ1) is 31.5. The summed E-state index contributed by atoms with van der Waals surface area (Å²) >= 11 is 0. The molecule has 1 saturated carbocycles. The second kappa shape index (κ2) is 11.0. The number of aromatic nitrogens is 6. The molecule has 7 rings (SSSR count). The van der Waals surface area contributed by atoms with E-state index in [0.29, 0.717) is 63.1 Å². The minimum absolute atomic E-state index is 0.108. The number of pyridine rings is 1. The lowest BCUT2D eigenvalue weighted by molar-refractivity contribution is -0.0123. The van der Waals surface area contributed by atoms with Crippen LogP contribution in [0.2, 0.25) is 0 Å². The van der Waals surface area contributed by atoms with Crippen molar-refractivity contribution in [1.29, 1.82) is 0 Å². The molecule has 4 aromatic heterocycles. The van der Waals surface area contributed by atoms with Crippen LogP contribution in [-0.4, -0.2) is 105 Å². The molecule has 5 aromatic rings. The Morgan fingerprint density at radius 2 is 1.98 bits per heavy atom. The molecule has 0 amide bonds. The van der Waals surface area contributed by atoms with E-state index in [-0.39, 0.29) is 49.9 Å². The van der Waals surface area contributed by atoms with Crippen LogP contribution in [0, 0.1) is 12.3 Å². The molecule has 1 saturated heterocycles. The molecule has 0 spiro atoms. The van der Waals surface area contributed by atoms with Gasteiger partial charge in [-0.3, -0.25) is 10.1 Å². The number of hydrogen-bond donors (Lipinski definition) is 2. The molecule has 2 aliphatic rings. The van der Waals surface area contributed by atoms with Gasteiger partial charge in [0.2, 0.25) is 0 Å². The number of aryl methyl sites for hydroxylation is 2. The maximum atomic E-state index is 14.7. The molecule has 1 aliphatic carbocycles. The SMILES string of the molecule is Cc1cc2[nH]ncc2c(-c2nccc3c4c(N5CCOC[C@@](C)(O)C5)nc(OC[C@]5(CN(C)C)CC5(F)F)nc4n(C)c23)c1C(F)F. The summed E-state index contributed by atoms with van der Waals surface area (Å²) in [6, 6.07) is 3.30. The lowest BCUT2D eigenvalue weighted by Crippen LogP contribution is -2.42. The number of nitrogens with zero attached hydrogens (tertiary/aromatic N) is 7. The van der Waals surface area contributed by atoms with E-state index in [1.54, 1.807) is 62.8 Å². The third-order valence-electron chi connectivity index (χ3n) is 9.20. The molecule has 0 bridgehead atoms. The Morgan fingerprint density at radius 3 is 2.68 bits per heavy atom. The molecule has 11 nitrogen and oxygen atoms in total. The molecular weight excluding hydrogens is 620 g/mol. The zero-order valence-electron chi connectivity index (χ0n) is 26.7. The fraction of sp³-hybridized carbons (Fsp3) is 0.500. The second-order valence-corrected chi connectivity index (χ2v) is 13.4. The van der Waals surface area contributed by atoms with Gasteiger partial charge in [0, 0.05) is 54.7 Å². The normalized spacial score (nSPS) is 23.0. The second-order valence-electron chi connectivity index (χ2n) is 13.4. The molecule has 0 radical (unpaired) electrons. The molecule has 5 heterocycles. The van der Waals surface area contributed by atoms with Crippen molar-refractivity contribution in [3.05, 3.63) is 35.7 Å². The van der Waals surface area contributed by atoms with E-state index in [1.165, 1.54) is 6.20 Å². The Bertz CT molecular complexity index is 2010. The lowest BCUT2D eigenvalue weighted by Gasteiger charge is -2.29. The zero-order valence-corrected chi connectivity index (χ0v) is 26.7. The molecule has 1 aliphatic heterocycles. The largest absolute Gasteiger partial charge is 0.462 e. The highest BCUT2D eigenvalue weighted by molar-refractivity contribution is 6.16. The Morgan fingerprint density at radius 1 is 1.21 bits per heavy atom. The van der Waals surface area contributed by atoms with Crippen LogP contribution in [0.5, 0.6) is 6.01 Å². The van der Waals surface area contributed by atoms with Crippen molar-refractivity contribution in [2.45, 2.75) is 38.2 Å². The quantitative estimate of drug-likeness (QED) is 0.226. The number of halogens is 4. The van der Waals surface area contributed by atoms with Gasteiger partial charge in [0.15, 0.2) is 0 Å². The molecule has 2 N–H and O–H groups in total. The van der Waals surface area contributed by atoms with Crippen LogP contribution in [0.25, 0.3) is 44.1 Å². The fourth-order valence-electron chi connectivity index (χ4n) is 7.00. The summed E-state index contributed by atoms with van der Waals surface area (Å²) in [7, 11) is 5.21. The predicted octanol–water partition coefficient (Wildman–Crippen LogP) is 4.86. The predicted molar refractivity (Wildman–Crippen MR) is 168 cm³/mol. The van der Waals surface area contributed by atoms with Crippen molar-refractivity contribution in [3.8, 4) is 17.3 Å². The third kappa shape index (κ3) is 5.24. The van der Waals surface area contributed by atoms with Gasteiger partial charge in [-0.2, -0.15) is 15.1 Å². The van der Waals surface area contributed by atoms with Gasteiger partial charge in [0.05, 0.1) is 53.5 Å². The van der Waals surface area contributed by atoms with Gasteiger partial charge in [-0.05, 0) is 45.6 Å². The number of nitrogens with one attached hydrogen (secondary N) is 1. The summed E-state index contributed by atoms with van der Waals surface area (Å²) in [5.74, 6) is -2.49. The van der Waals surface area contributed by atoms with Crippen molar-refractivity contribution < 1.29 is 32.1 Å². The van der Waals surface area contributed by atoms with Gasteiger partial charge in [0.25, 0.3) is 12.3 Å². The smallest absolute Gasteiger partial charge is 0.320 e. The summed E-state index contributed by atoms with van der Waals surface area (Å²) in [5.41, 5.74) is -0.331. The maximum Gasteiger partial charge on any atom is 0.320 e. The summed E-state index contributed by atoms with van der Waals surface area (Å²) in [6.45, 7) is 4.02. The molecule has 0 unspecified atom stereocenters. The minimum atomic E-state index is -2.89. The Hall–Kier alpha value is -4.08. The number of benzene rings is 1. The van der Waals surface area contributed by atoms with Gasteiger partial charge in [-0.1, -0.05) is 0 Å². The van der Waals surface area contributed by atoms with Gasteiger partial charge in [0.1, 0.15) is 23.7 Å². The molecule has 1 aromatic carbocycles. The van der Waals surface area contributed by atoms with E-state index in [9.17, 15) is 22.7 Å². The van der Waals surface area contributed by atoms with E-state index in [1.807, 2.05) is 4.90 Å². The molecule has 15 heteroatoms. The average Bonchev–Trinajstić information content (AvgIpc) is 3.22. The molecule has 250 valence electrons. The van der Waals surface area contributed by atoms with Gasteiger partial charge in [-0.25, -0.2) is 17.6 Å². The van der Waals surface area contributed by atoms with Crippen LogP contribution in [0.3, 0.4) is 0 Å². The molecule has 2 fully saturated rings. The van der Waals surface area contributed by atoms with Gasteiger partial charge < -0.3 is 28.9 Å². The van der Waals surface area contributed by atoms with Crippen LogP contribution in [0.15, 0.2) is 24.5 Å².